The molecule has 0 radical (unpaired) electrons. The number of anilines is 1. The molecule has 2 amide bonds. The molecule has 0 unspecified atom stereocenters. The summed E-state index contributed by atoms with van der Waals surface area (Å²) >= 11 is 5.92. The number of carbonyl (C=O) groups excluding carboxylic acids is 3. The number of methoxy groups -OCH3 is 1. The first kappa shape index (κ1) is 14.5. The van der Waals surface area contributed by atoms with Gasteiger partial charge in [-0.15, -0.1) is 0 Å². The van der Waals surface area contributed by atoms with Crippen LogP contribution in [0.15, 0.2) is 18.2 Å². The van der Waals surface area contributed by atoms with Crippen molar-refractivity contribution < 1.29 is 19.1 Å². The minimum absolute atomic E-state index is 0.156. The van der Waals surface area contributed by atoms with Crippen molar-refractivity contribution in [2.45, 2.75) is 0 Å². The van der Waals surface area contributed by atoms with Crippen molar-refractivity contribution >= 4 is 34.9 Å². The van der Waals surface area contributed by atoms with Crippen LogP contribution in [-0.4, -0.2) is 44.4 Å². The van der Waals surface area contributed by atoms with Gasteiger partial charge in [0, 0.05) is 13.7 Å². The smallest absolute Gasteiger partial charge is 0.300 e. The number of fused-ring (bicyclic) bond motifs is 1. The zero-order chi connectivity index (χ0) is 14.7. The molecule has 1 N–H and O–H groups in total. The number of carbonyl (C=O) groups is 3. The Balaban J connectivity index is 2.14. The van der Waals surface area contributed by atoms with Crippen LogP contribution in [0.5, 0.6) is 0 Å². The van der Waals surface area contributed by atoms with Crippen LogP contribution in [0.2, 0.25) is 5.02 Å². The van der Waals surface area contributed by atoms with Gasteiger partial charge in [0.2, 0.25) is 5.91 Å². The van der Waals surface area contributed by atoms with Crippen molar-refractivity contribution in [1.29, 1.82) is 0 Å². The van der Waals surface area contributed by atoms with Crippen LogP contribution in [0.3, 0.4) is 0 Å². The topological polar surface area (TPSA) is 75.7 Å². The molecule has 0 spiro atoms. The van der Waals surface area contributed by atoms with Crippen LogP contribution >= 0.6 is 11.6 Å². The van der Waals surface area contributed by atoms with Crippen LogP contribution in [0.4, 0.5) is 5.69 Å². The molecular weight excluding hydrogens is 284 g/mol. The molecule has 0 aliphatic carbocycles. The molecule has 7 heteroatoms. The summed E-state index contributed by atoms with van der Waals surface area (Å²) in [7, 11) is 1.52. The summed E-state index contributed by atoms with van der Waals surface area (Å²) in [4.78, 5) is 36.6. The molecule has 0 bridgehead atoms. The zero-order valence-electron chi connectivity index (χ0n) is 10.8. The van der Waals surface area contributed by atoms with Gasteiger partial charge in [0.1, 0.15) is 6.54 Å². The number of Topliss-reactive ketones (excluding diaryl/α,β-unsaturated/α-hetero) is 1. The summed E-state index contributed by atoms with van der Waals surface area (Å²) in [6.45, 7) is 0.496. The highest BCUT2D eigenvalue weighted by atomic mass is 35.5. The molecule has 0 saturated heterocycles. The second-order valence-electron chi connectivity index (χ2n) is 4.20. The van der Waals surface area contributed by atoms with Gasteiger partial charge in [0.05, 0.1) is 22.9 Å². The van der Waals surface area contributed by atoms with E-state index in [0.717, 1.165) is 4.90 Å². The standard InChI is InChI=1S/C13H13ClN2O4/c1-20-6-5-15-10(17)7-16-9-4-2-3-8(14)11(9)12(18)13(16)19/h2-4H,5-7H2,1H3,(H,15,17). The summed E-state index contributed by atoms with van der Waals surface area (Å²) in [6.07, 6.45) is 0. The van der Waals surface area contributed by atoms with Gasteiger partial charge in [-0.2, -0.15) is 0 Å². The van der Waals surface area contributed by atoms with E-state index in [-0.39, 0.29) is 23.0 Å². The molecule has 1 aliphatic rings. The van der Waals surface area contributed by atoms with Crippen molar-refractivity contribution in [3.8, 4) is 0 Å². The van der Waals surface area contributed by atoms with E-state index in [0.29, 0.717) is 18.8 Å². The van der Waals surface area contributed by atoms with Gasteiger partial charge >= 0.3 is 0 Å². The number of nitrogens with one attached hydrogen (secondary N) is 1. The van der Waals surface area contributed by atoms with Gasteiger partial charge in [-0.1, -0.05) is 17.7 Å². The summed E-state index contributed by atoms with van der Waals surface area (Å²) in [5, 5.41) is 2.80. The number of halogens is 1. The highest BCUT2D eigenvalue weighted by Crippen LogP contribution is 2.33. The van der Waals surface area contributed by atoms with Crippen LogP contribution < -0.4 is 10.2 Å². The number of ether oxygens (including phenoxy) is 1. The quantitative estimate of drug-likeness (QED) is 0.639. The molecule has 6 nitrogen and oxygen atoms in total. The Morgan fingerprint density at radius 1 is 1.40 bits per heavy atom. The molecule has 1 aromatic carbocycles. The molecule has 0 atom stereocenters. The van der Waals surface area contributed by atoms with E-state index in [2.05, 4.69) is 5.32 Å². The first-order valence-electron chi connectivity index (χ1n) is 5.96. The van der Waals surface area contributed by atoms with Gasteiger partial charge in [-0.05, 0) is 12.1 Å². The SMILES string of the molecule is COCCNC(=O)CN1C(=O)C(=O)c2c(Cl)cccc21. The number of amides is 2. The van der Waals surface area contributed by atoms with E-state index in [1.54, 1.807) is 12.1 Å². The average molecular weight is 297 g/mol. The van der Waals surface area contributed by atoms with Crippen LogP contribution in [0.1, 0.15) is 10.4 Å². The van der Waals surface area contributed by atoms with Gasteiger partial charge in [-0.3, -0.25) is 19.3 Å². The second-order valence-corrected chi connectivity index (χ2v) is 4.60. The van der Waals surface area contributed by atoms with Crippen molar-refractivity contribution in [2.24, 2.45) is 0 Å². The Bertz CT molecular complexity index is 573. The molecule has 0 aromatic heterocycles. The summed E-state index contributed by atoms with van der Waals surface area (Å²) in [5.74, 6) is -1.79. The lowest BCUT2D eigenvalue weighted by Crippen LogP contribution is -2.41. The van der Waals surface area contributed by atoms with E-state index in [4.69, 9.17) is 16.3 Å². The maximum absolute atomic E-state index is 11.9. The molecule has 0 fully saturated rings. The molecule has 1 heterocycles. The normalized spacial score (nSPS) is 13.6. The highest BCUT2D eigenvalue weighted by molar-refractivity contribution is 6.55. The molecule has 0 saturated carbocycles. The van der Waals surface area contributed by atoms with E-state index in [1.165, 1.54) is 13.2 Å². The number of hydrogen-bond acceptors (Lipinski definition) is 4. The Labute approximate surface area is 120 Å². The van der Waals surface area contributed by atoms with E-state index in [9.17, 15) is 14.4 Å². The summed E-state index contributed by atoms with van der Waals surface area (Å²) < 4.78 is 4.81. The van der Waals surface area contributed by atoms with Crippen LogP contribution in [-0.2, 0) is 14.3 Å². The number of nitrogens with zero attached hydrogens (tertiary/aromatic N) is 1. The van der Waals surface area contributed by atoms with E-state index >= 15 is 0 Å². The third kappa shape index (κ3) is 2.66. The lowest BCUT2D eigenvalue weighted by Gasteiger charge is -2.16. The first-order chi connectivity index (χ1) is 9.56. The average Bonchev–Trinajstić information content (AvgIpc) is 2.65. The maximum Gasteiger partial charge on any atom is 0.300 e. The minimum Gasteiger partial charge on any atom is -0.383 e. The number of benzene rings is 1. The Morgan fingerprint density at radius 2 is 2.15 bits per heavy atom. The predicted octanol–water partition coefficient (Wildman–Crippen LogP) is 0.632. The fourth-order valence-electron chi connectivity index (χ4n) is 1.95. The Morgan fingerprint density at radius 3 is 2.85 bits per heavy atom. The highest BCUT2D eigenvalue weighted by Gasteiger charge is 2.38. The zero-order valence-corrected chi connectivity index (χ0v) is 11.6. The predicted molar refractivity (Wildman–Crippen MR) is 73.0 cm³/mol. The fraction of sp³-hybridized carbons (Fsp3) is 0.308. The lowest BCUT2D eigenvalue weighted by molar-refractivity contribution is -0.122. The van der Waals surface area contributed by atoms with Gasteiger partial charge in [0.25, 0.3) is 11.7 Å². The van der Waals surface area contributed by atoms with Crippen molar-refractivity contribution in [1.82, 2.24) is 5.32 Å². The van der Waals surface area contributed by atoms with E-state index in [1.807, 2.05) is 0 Å². The van der Waals surface area contributed by atoms with E-state index < -0.39 is 11.7 Å². The maximum atomic E-state index is 11.9. The number of hydrogen-bond donors (Lipinski definition) is 1. The minimum atomic E-state index is -0.741. The lowest BCUT2D eigenvalue weighted by atomic mass is 10.1. The van der Waals surface area contributed by atoms with Crippen LogP contribution in [0.25, 0.3) is 0 Å². The molecule has 20 heavy (non-hydrogen) atoms. The third-order valence-electron chi connectivity index (χ3n) is 2.88. The molecule has 106 valence electrons. The molecule has 1 aliphatic heterocycles. The summed E-state index contributed by atoms with van der Waals surface area (Å²) in [6, 6.07) is 4.75. The van der Waals surface area contributed by atoms with Crippen molar-refractivity contribution in [2.75, 3.05) is 31.7 Å². The number of ketones is 1. The monoisotopic (exact) mass is 296 g/mol. The Kier molecular flexibility index (Phi) is 4.36. The number of rotatable bonds is 5. The largest absolute Gasteiger partial charge is 0.383 e. The second kappa shape index (κ2) is 6.02. The van der Waals surface area contributed by atoms with Crippen LogP contribution in [0, 0.1) is 0 Å². The van der Waals surface area contributed by atoms with Crippen molar-refractivity contribution in [3.63, 3.8) is 0 Å². The molecular formula is C13H13ClN2O4. The summed E-state index contributed by atoms with van der Waals surface area (Å²) in [5.41, 5.74) is 0.526. The molecule has 2 rings (SSSR count). The van der Waals surface area contributed by atoms with Gasteiger partial charge in [-0.25, -0.2) is 0 Å². The fourth-order valence-corrected chi connectivity index (χ4v) is 2.21. The first-order valence-corrected chi connectivity index (χ1v) is 6.34. The van der Waals surface area contributed by atoms with Crippen molar-refractivity contribution in [3.05, 3.63) is 28.8 Å². The Hall–Kier alpha value is -1.92. The third-order valence-corrected chi connectivity index (χ3v) is 3.19. The molecule has 1 aromatic rings. The van der Waals surface area contributed by atoms with Gasteiger partial charge in [0.15, 0.2) is 0 Å². The van der Waals surface area contributed by atoms with Gasteiger partial charge < -0.3 is 10.1 Å².